The van der Waals surface area contributed by atoms with E-state index in [1.807, 2.05) is 6.92 Å². The summed E-state index contributed by atoms with van der Waals surface area (Å²) in [4.78, 5) is 12.1. The Hall–Kier alpha value is -1.62. The molecule has 1 aromatic carbocycles. The molecule has 0 amide bonds. The Morgan fingerprint density at radius 3 is 2.90 bits per heavy atom. The van der Waals surface area contributed by atoms with Crippen molar-refractivity contribution >= 4 is 5.97 Å². The molecule has 4 nitrogen and oxygen atoms in total. The van der Waals surface area contributed by atoms with Gasteiger partial charge in [0.1, 0.15) is 0 Å². The molecule has 0 radical (unpaired) electrons. The van der Waals surface area contributed by atoms with Crippen LogP contribution in [-0.4, -0.2) is 32.8 Å². The minimum absolute atomic E-state index is 0.205. The summed E-state index contributed by atoms with van der Waals surface area (Å²) in [7, 11) is 1.43. The number of halogens is 1. The van der Waals surface area contributed by atoms with Crippen molar-refractivity contribution in [2.75, 3.05) is 26.8 Å². The van der Waals surface area contributed by atoms with Crippen molar-refractivity contribution in [1.29, 1.82) is 0 Å². The number of carbonyl (C=O) groups excluding carboxylic acids is 1. The van der Waals surface area contributed by atoms with E-state index < -0.39 is 11.2 Å². The maximum atomic E-state index is 13.9. The zero-order valence-electron chi connectivity index (χ0n) is 12.0. The van der Waals surface area contributed by atoms with Gasteiger partial charge in [0.2, 0.25) is 0 Å². The Bertz CT molecular complexity index is 506. The Balaban J connectivity index is 2.33. The molecule has 110 valence electrons. The Kier molecular flexibility index (Phi) is 4.28. The normalized spacial score (nSPS) is 25.5. The van der Waals surface area contributed by atoms with Gasteiger partial charge in [-0.25, -0.2) is 4.39 Å². The summed E-state index contributed by atoms with van der Waals surface area (Å²) < 4.78 is 23.9. The molecule has 0 spiro atoms. The number of methoxy groups -OCH3 is 1. The van der Waals surface area contributed by atoms with E-state index >= 15 is 0 Å². The van der Waals surface area contributed by atoms with E-state index in [0.717, 1.165) is 5.56 Å². The quantitative estimate of drug-likeness (QED) is 0.856. The van der Waals surface area contributed by atoms with Gasteiger partial charge in [-0.3, -0.25) is 4.79 Å². The van der Waals surface area contributed by atoms with Gasteiger partial charge in [-0.1, -0.05) is 13.0 Å². The topological polar surface area (TPSA) is 47.6 Å². The minimum atomic E-state index is -0.473. The van der Waals surface area contributed by atoms with Crippen LogP contribution < -0.4 is 10.1 Å². The molecular weight excluding hydrogens is 261 g/mol. The molecule has 1 aliphatic rings. The SMILES string of the molecule is CCOC(=O)C1CNCC1(C)c1ccc(OC)c(F)c1. The first-order chi connectivity index (χ1) is 9.52. The summed E-state index contributed by atoms with van der Waals surface area (Å²) in [6, 6.07) is 4.84. The van der Waals surface area contributed by atoms with Gasteiger partial charge in [-0.15, -0.1) is 0 Å². The molecule has 0 bridgehead atoms. The molecule has 1 fully saturated rings. The van der Waals surface area contributed by atoms with Gasteiger partial charge in [0.25, 0.3) is 0 Å². The van der Waals surface area contributed by atoms with E-state index in [1.165, 1.54) is 13.2 Å². The number of ether oxygens (including phenoxy) is 2. The molecular formula is C15H20FNO3. The average Bonchev–Trinajstić information content (AvgIpc) is 2.82. The van der Waals surface area contributed by atoms with Crippen molar-refractivity contribution in [1.82, 2.24) is 5.32 Å². The van der Waals surface area contributed by atoms with Gasteiger partial charge < -0.3 is 14.8 Å². The average molecular weight is 281 g/mol. The molecule has 0 saturated carbocycles. The van der Waals surface area contributed by atoms with Crippen LogP contribution in [0.4, 0.5) is 4.39 Å². The van der Waals surface area contributed by atoms with Crippen LogP contribution in [0.2, 0.25) is 0 Å². The number of esters is 1. The van der Waals surface area contributed by atoms with E-state index in [9.17, 15) is 9.18 Å². The highest BCUT2D eigenvalue weighted by molar-refractivity contribution is 5.75. The molecule has 20 heavy (non-hydrogen) atoms. The molecule has 1 saturated heterocycles. The minimum Gasteiger partial charge on any atom is -0.494 e. The van der Waals surface area contributed by atoms with Crippen molar-refractivity contribution < 1.29 is 18.7 Å². The van der Waals surface area contributed by atoms with E-state index in [-0.39, 0.29) is 17.6 Å². The standard InChI is InChI=1S/C15H20FNO3/c1-4-20-14(18)11-8-17-9-15(11,2)10-5-6-13(19-3)12(16)7-10/h5-7,11,17H,4,8-9H2,1-3H3. The van der Waals surface area contributed by atoms with Crippen LogP contribution in [0.25, 0.3) is 0 Å². The molecule has 1 aromatic rings. The molecule has 1 aliphatic heterocycles. The fraction of sp³-hybridized carbons (Fsp3) is 0.533. The van der Waals surface area contributed by atoms with Gasteiger partial charge >= 0.3 is 5.97 Å². The molecule has 1 heterocycles. The van der Waals surface area contributed by atoms with E-state index in [0.29, 0.717) is 19.7 Å². The maximum Gasteiger partial charge on any atom is 0.311 e. The van der Waals surface area contributed by atoms with E-state index in [4.69, 9.17) is 9.47 Å². The van der Waals surface area contributed by atoms with Crippen LogP contribution in [0.5, 0.6) is 5.75 Å². The smallest absolute Gasteiger partial charge is 0.311 e. The lowest BCUT2D eigenvalue weighted by Gasteiger charge is -2.29. The number of rotatable bonds is 4. The van der Waals surface area contributed by atoms with Gasteiger partial charge in [0, 0.05) is 18.5 Å². The highest BCUT2D eigenvalue weighted by atomic mass is 19.1. The lowest BCUT2D eigenvalue weighted by atomic mass is 9.74. The van der Waals surface area contributed by atoms with Crippen LogP contribution >= 0.6 is 0 Å². The summed E-state index contributed by atoms with van der Waals surface area (Å²) in [6.07, 6.45) is 0. The number of benzene rings is 1. The highest BCUT2D eigenvalue weighted by Crippen LogP contribution is 2.37. The Morgan fingerprint density at radius 1 is 1.55 bits per heavy atom. The molecule has 0 aromatic heterocycles. The van der Waals surface area contributed by atoms with Crippen LogP contribution in [0.1, 0.15) is 19.4 Å². The fourth-order valence-corrected chi connectivity index (χ4v) is 2.74. The third kappa shape index (κ3) is 2.50. The largest absolute Gasteiger partial charge is 0.494 e. The van der Waals surface area contributed by atoms with Crippen molar-refractivity contribution in [3.05, 3.63) is 29.6 Å². The summed E-state index contributed by atoms with van der Waals surface area (Å²) in [5, 5.41) is 3.19. The summed E-state index contributed by atoms with van der Waals surface area (Å²) in [5.41, 5.74) is 0.304. The predicted molar refractivity (Wildman–Crippen MR) is 73.3 cm³/mol. The van der Waals surface area contributed by atoms with Crippen LogP contribution in [0, 0.1) is 11.7 Å². The van der Waals surface area contributed by atoms with Gasteiger partial charge in [-0.2, -0.15) is 0 Å². The Morgan fingerprint density at radius 2 is 2.30 bits per heavy atom. The molecule has 5 heteroatoms. The lowest BCUT2D eigenvalue weighted by Crippen LogP contribution is -2.37. The molecule has 1 N–H and O–H groups in total. The lowest BCUT2D eigenvalue weighted by molar-refractivity contribution is -0.149. The maximum absolute atomic E-state index is 13.9. The van der Waals surface area contributed by atoms with Crippen LogP contribution in [-0.2, 0) is 14.9 Å². The summed E-state index contributed by atoms with van der Waals surface area (Å²) in [6.45, 7) is 5.24. The molecule has 2 rings (SSSR count). The second kappa shape index (κ2) is 5.79. The van der Waals surface area contributed by atoms with Crippen molar-refractivity contribution in [3.8, 4) is 5.75 Å². The van der Waals surface area contributed by atoms with Crippen molar-refractivity contribution in [3.63, 3.8) is 0 Å². The van der Waals surface area contributed by atoms with Gasteiger partial charge in [0.15, 0.2) is 11.6 Å². The second-order valence-corrected chi connectivity index (χ2v) is 5.20. The first-order valence-corrected chi connectivity index (χ1v) is 6.74. The number of nitrogens with one attached hydrogen (secondary N) is 1. The third-order valence-electron chi connectivity index (χ3n) is 3.99. The Labute approximate surface area is 118 Å². The van der Waals surface area contributed by atoms with E-state index in [2.05, 4.69) is 5.32 Å². The number of hydrogen-bond acceptors (Lipinski definition) is 4. The molecule has 0 aliphatic carbocycles. The summed E-state index contributed by atoms with van der Waals surface area (Å²) in [5.74, 6) is -0.761. The van der Waals surface area contributed by atoms with Crippen molar-refractivity contribution in [2.24, 2.45) is 5.92 Å². The molecule has 2 unspecified atom stereocenters. The first-order valence-electron chi connectivity index (χ1n) is 6.74. The van der Waals surface area contributed by atoms with Gasteiger partial charge in [-0.05, 0) is 24.6 Å². The van der Waals surface area contributed by atoms with Crippen LogP contribution in [0.3, 0.4) is 0 Å². The predicted octanol–water partition coefficient (Wildman–Crippen LogP) is 1.87. The fourth-order valence-electron chi connectivity index (χ4n) is 2.74. The summed E-state index contributed by atoms with van der Waals surface area (Å²) >= 11 is 0. The monoisotopic (exact) mass is 281 g/mol. The zero-order chi connectivity index (χ0) is 14.8. The van der Waals surface area contributed by atoms with E-state index in [1.54, 1.807) is 19.1 Å². The van der Waals surface area contributed by atoms with Crippen LogP contribution in [0.15, 0.2) is 18.2 Å². The highest BCUT2D eigenvalue weighted by Gasteiger charge is 2.45. The number of carbonyl (C=O) groups is 1. The van der Waals surface area contributed by atoms with Crippen molar-refractivity contribution in [2.45, 2.75) is 19.3 Å². The second-order valence-electron chi connectivity index (χ2n) is 5.20. The third-order valence-corrected chi connectivity index (χ3v) is 3.99. The number of hydrogen-bond donors (Lipinski definition) is 1. The molecule has 2 atom stereocenters. The first kappa shape index (κ1) is 14.8. The van der Waals surface area contributed by atoms with Gasteiger partial charge in [0.05, 0.1) is 19.6 Å². The zero-order valence-corrected chi connectivity index (χ0v) is 12.0.